The Labute approximate surface area is 163 Å². The predicted molar refractivity (Wildman–Crippen MR) is 106 cm³/mol. The fourth-order valence-electron chi connectivity index (χ4n) is 2.22. The Morgan fingerprint density at radius 3 is 2.46 bits per heavy atom. The maximum Gasteiger partial charge on any atom is 0.251 e. The van der Waals surface area contributed by atoms with Crippen LogP contribution >= 0.6 is 27.3 Å². The average Bonchev–Trinajstić information content (AvgIpc) is 3.15. The lowest BCUT2D eigenvalue weighted by Gasteiger charge is -2.06. The number of benzene rings is 2. The molecule has 0 spiro atoms. The summed E-state index contributed by atoms with van der Waals surface area (Å²) in [6, 6.07) is 16.8. The number of aromatic nitrogens is 1. The van der Waals surface area contributed by atoms with Gasteiger partial charge in [-0.15, -0.1) is 11.3 Å². The van der Waals surface area contributed by atoms with Crippen LogP contribution < -0.4 is 10.6 Å². The molecule has 3 rings (SSSR count). The molecule has 0 saturated carbocycles. The summed E-state index contributed by atoms with van der Waals surface area (Å²) < 4.78 is 0.893. The van der Waals surface area contributed by atoms with E-state index in [9.17, 15) is 9.59 Å². The van der Waals surface area contributed by atoms with Crippen LogP contribution in [0.1, 0.15) is 16.1 Å². The number of rotatable bonds is 6. The van der Waals surface area contributed by atoms with Crippen LogP contribution in [0.15, 0.2) is 64.5 Å². The van der Waals surface area contributed by atoms with Crippen molar-refractivity contribution in [1.29, 1.82) is 0 Å². The van der Waals surface area contributed by atoms with E-state index in [2.05, 4.69) is 31.5 Å². The van der Waals surface area contributed by atoms with E-state index in [0.29, 0.717) is 12.1 Å². The van der Waals surface area contributed by atoms with Crippen LogP contribution in [-0.4, -0.2) is 23.3 Å². The van der Waals surface area contributed by atoms with Gasteiger partial charge in [-0.3, -0.25) is 9.59 Å². The number of carbonyl (C=O) groups excluding carboxylic acids is 2. The zero-order chi connectivity index (χ0) is 18.4. The number of nitrogens with one attached hydrogen (secondary N) is 2. The molecule has 0 unspecified atom stereocenters. The monoisotopic (exact) mass is 429 g/mol. The Morgan fingerprint density at radius 2 is 1.73 bits per heavy atom. The zero-order valence-corrected chi connectivity index (χ0v) is 16.1. The quantitative estimate of drug-likeness (QED) is 0.628. The molecule has 0 aliphatic heterocycles. The van der Waals surface area contributed by atoms with Crippen molar-refractivity contribution >= 4 is 39.1 Å². The van der Waals surface area contributed by atoms with E-state index >= 15 is 0 Å². The number of hydrogen-bond acceptors (Lipinski definition) is 4. The van der Waals surface area contributed by atoms with Crippen molar-refractivity contribution in [3.05, 3.63) is 75.7 Å². The van der Waals surface area contributed by atoms with Gasteiger partial charge in [0.2, 0.25) is 5.91 Å². The molecule has 2 amide bonds. The van der Waals surface area contributed by atoms with Crippen molar-refractivity contribution in [3.63, 3.8) is 0 Å². The number of hydrogen-bond donors (Lipinski definition) is 2. The summed E-state index contributed by atoms with van der Waals surface area (Å²) in [6.07, 6.45) is 0. The SMILES string of the molecule is O=C(CNC(=O)c1ccc(Br)cc1)NCc1csc(-c2ccccc2)n1. The van der Waals surface area contributed by atoms with Crippen LogP contribution in [0.2, 0.25) is 0 Å². The van der Waals surface area contributed by atoms with E-state index in [-0.39, 0.29) is 18.4 Å². The second-order valence-corrected chi connectivity index (χ2v) is 7.25. The molecule has 26 heavy (non-hydrogen) atoms. The van der Waals surface area contributed by atoms with Gasteiger partial charge in [0.05, 0.1) is 18.8 Å². The van der Waals surface area contributed by atoms with Crippen molar-refractivity contribution in [2.75, 3.05) is 6.54 Å². The molecule has 2 N–H and O–H groups in total. The van der Waals surface area contributed by atoms with E-state index in [1.54, 1.807) is 24.3 Å². The molecule has 1 heterocycles. The first kappa shape index (κ1) is 18.3. The van der Waals surface area contributed by atoms with Crippen LogP contribution in [0.25, 0.3) is 10.6 Å². The van der Waals surface area contributed by atoms with Gasteiger partial charge in [-0.05, 0) is 24.3 Å². The highest BCUT2D eigenvalue weighted by atomic mass is 79.9. The van der Waals surface area contributed by atoms with Crippen molar-refractivity contribution in [2.45, 2.75) is 6.54 Å². The van der Waals surface area contributed by atoms with E-state index in [4.69, 9.17) is 0 Å². The number of halogens is 1. The van der Waals surface area contributed by atoms with Gasteiger partial charge in [-0.2, -0.15) is 0 Å². The Bertz CT molecular complexity index is 895. The Kier molecular flexibility index (Phi) is 6.14. The zero-order valence-electron chi connectivity index (χ0n) is 13.7. The minimum atomic E-state index is -0.285. The molecular formula is C19H16BrN3O2S. The Balaban J connectivity index is 1.46. The first-order chi connectivity index (χ1) is 12.6. The van der Waals surface area contributed by atoms with Crippen LogP contribution in [0, 0.1) is 0 Å². The third-order valence-corrected chi connectivity index (χ3v) is 5.02. The molecule has 0 atom stereocenters. The van der Waals surface area contributed by atoms with Gasteiger partial charge in [0.15, 0.2) is 0 Å². The Hall–Kier alpha value is -2.51. The largest absolute Gasteiger partial charge is 0.349 e. The molecular weight excluding hydrogens is 414 g/mol. The number of thiazole rings is 1. The molecule has 5 nitrogen and oxygen atoms in total. The molecule has 0 saturated heterocycles. The molecule has 0 aliphatic carbocycles. The van der Waals surface area contributed by atoms with Gasteiger partial charge in [0.1, 0.15) is 5.01 Å². The second-order valence-electron chi connectivity index (χ2n) is 5.48. The highest BCUT2D eigenvalue weighted by Crippen LogP contribution is 2.23. The molecule has 2 aromatic carbocycles. The first-order valence-corrected chi connectivity index (χ1v) is 9.59. The van der Waals surface area contributed by atoms with Gasteiger partial charge in [0.25, 0.3) is 5.91 Å². The predicted octanol–water partition coefficient (Wildman–Crippen LogP) is 3.62. The molecule has 0 bridgehead atoms. The topological polar surface area (TPSA) is 71.1 Å². The van der Waals surface area contributed by atoms with E-state index < -0.39 is 0 Å². The van der Waals surface area contributed by atoms with Crippen molar-refractivity contribution < 1.29 is 9.59 Å². The molecule has 0 radical (unpaired) electrons. The van der Waals surface area contributed by atoms with Crippen LogP contribution in [0.3, 0.4) is 0 Å². The van der Waals surface area contributed by atoms with Crippen LogP contribution in [-0.2, 0) is 11.3 Å². The van der Waals surface area contributed by atoms with Crippen LogP contribution in [0.5, 0.6) is 0 Å². The van der Waals surface area contributed by atoms with Gasteiger partial charge in [-0.1, -0.05) is 46.3 Å². The van der Waals surface area contributed by atoms with Gasteiger partial charge >= 0.3 is 0 Å². The number of carbonyl (C=O) groups is 2. The third-order valence-electron chi connectivity index (χ3n) is 3.56. The molecule has 132 valence electrons. The summed E-state index contributed by atoms with van der Waals surface area (Å²) in [6.45, 7) is 0.251. The normalized spacial score (nSPS) is 10.3. The van der Waals surface area contributed by atoms with Gasteiger partial charge in [0, 0.05) is 21.0 Å². The fourth-order valence-corrected chi connectivity index (χ4v) is 3.31. The lowest BCUT2D eigenvalue weighted by molar-refractivity contribution is -0.120. The van der Waals surface area contributed by atoms with E-state index in [1.807, 2.05) is 35.7 Å². The summed E-state index contributed by atoms with van der Waals surface area (Å²) in [4.78, 5) is 28.4. The summed E-state index contributed by atoms with van der Waals surface area (Å²) in [5, 5.41) is 8.20. The molecule has 1 aromatic heterocycles. The van der Waals surface area contributed by atoms with E-state index in [0.717, 1.165) is 20.7 Å². The summed E-state index contributed by atoms with van der Waals surface area (Å²) in [5.41, 5.74) is 2.35. The Morgan fingerprint density at radius 1 is 1.00 bits per heavy atom. The fraction of sp³-hybridized carbons (Fsp3) is 0.105. The maximum absolute atomic E-state index is 12.0. The lowest BCUT2D eigenvalue weighted by atomic mass is 10.2. The van der Waals surface area contributed by atoms with Gasteiger partial charge < -0.3 is 10.6 Å². The van der Waals surface area contributed by atoms with Crippen molar-refractivity contribution in [2.24, 2.45) is 0 Å². The van der Waals surface area contributed by atoms with Gasteiger partial charge in [-0.25, -0.2) is 4.98 Å². The summed E-state index contributed by atoms with van der Waals surface area (Å²) in [5.74, 6) is -0.544. The second kappa shape index (κ2) is 8.73. The van der Waals surface area contributed by atoms with E-state index in [1.165, 1.54) is 11.3 Å². The minimum Gasteiger partial charge on any atom is -0.349 e. The third kappa shape index (κ3) is 5.00. The summed E-state index contributed by atoms with van der Waals surface area (Å²) in [7, 11) is 0. The number of amides is 2. The molecule has 0 aliphatic rings. The lowest BCUT2D eigenvalue weighted by Crippen LogP contribution is -2.36. The molecule has 0 fully saturated rings. The number of nitrogens with zero attached hydrogens (tertiary/aromatic N) is 1. The summed E-state index contributed by atoms with van der Waals surface area (Å²) >= 11 is 4.85. The average molecular weight is 430 g/mol. The highest BCUT2D eigenvalue weighted by molar-refractivity contribution is 9.10. The maximum atomic E-state index is 12.0. The highest BCUT2D eigenvalue weighted by Gasteiger charge is 2.09. The molecule has 3 aromatic rings. The molecule has 7 heteroatoms. The smallest absolute Gasteiger partial charge is 0.251 e. The van der Waals surface area contributed by atoms with Crippen LogP contribution in [0.4, 0.5) is 0 Å². The first-order valence-electron chi connectivity index (χ1n) is 7.92. The minimum absolute atomic E-state index is 0.0788. The standard InChI is InChI=1S/C19H16BrN3O2S/c20-15-8-6-13(7-9-15)18(25)22-11-17(24)21-10-16-12-26-19(23-16)14-4-2-1-3-5-14/h1-9,12H,10-11H2,(H,21,24)(H,22,25). The van der Waals surface area contributed by atoms with Crippen molar-refractivity contribution in [3.8, 4) is 10.6 Å². The van der Waals surface area contributed by atoms with Crippen molar-refractivity contribution in [1.82, 2.24) is 15.6 Å².